The number of benzene rings is 2. The van der Waals surface area contributed by atoms with E-state index in [0.717, 1.165) is 0 Å². The Morgan fingerprint density at radius 2 is 1.90 bits per heavy atom. The van der Waals surface area contributed by atoms with E-state index in [1.54, 1.807) is 18.2 Å². The molecule has 0 aliphatic carbocycles. The molecule has 2 rings (SSSR count). The molecule has 110 valence electrons. The van der Waals surface area contributed by atoms with Crippen LogP contribution in [0.25, 0.3) is 0 Å². The monoisotopic (exact) mass is 434 g/mol. The first-order valence-corrected chi connectivity index (χ1v) is 7.80. The van der Waals surface area contributed by atoms with Gasteiger partial charge < -0.3 is 11.1 Å². The lowest BCUT2D eigenvalue weighted by Crippen LogP contribution is -2.28. The number of nitrogens with one attached hydrogen (secondary N) is 1. The van der Waals surface area contributed by atoms with Gasteiger partial charge in [0.05, 0.1) is 5.02 Å². The highest BCUT2D eigenvalue weighted by Gasteiger charge is 2.20. The van der Waals surface area contributed by atoms with Gasteiger partial charge in [-0.1, -0.05) is 33.6 Å². The van der Waals surface area contributed by atoms with E-state index >= 15 is 0 Å². The highest BCUT2D eigenvalue weighted by molar-refractivity contribution is 9.10. The lowest BCUT2D eigenvalue weighted by Gasteiger charge is -2.19. The molecule has 2 aromatic carbocycles. The van der Waals surface area contributed by atoms with E-state index in [4.69, 9.17) is 17.3 Å². The Morgan fingerprint density at radius 3 is 2.48 bits per heavy atom. The van der Waals surface area contributed by atoms with Gasteiger partial charge in [-0.25, -0.2) is 4.39 Å². The third-order valence-corrected chi connectivity index (χ3v) is 4.69. The minimum atomic E-state index is -0.798. The molecule has 1 atom stereocenters. The molecule has 0 bridgehead atoms. The number of carbonyl (C=O) groups excluding carboxylic acids is 1. The number of hydrogen-bond acceptors (Lipinski definition) is 2. The summed E-state index contributed by atoms with van der Waals surface area (Å²) >= 11 is 12.5. The van der Waals surface area contributed by atoms with Gasteiger partial charge in [-0.3, -0.25) is 4.79 Å². The number of primary amides is 1. The van der Waals surface area contributed by atoms with Crippen molar-refractivity contribution in [2.75, 3.05) is 5.32 Å². The van der Waals surface area contributed by atoms with Crippen molar-refractivity contribution in [2.45, 2.75) is 6.04 Å². The Kier molecular flexibility index (Phi) is 5.24. The van der Waals surface area contributed by atoms with Gasteiger partial charge in [0, 0.05) is 14.6 Å². The molecule has 3 N–H and O–H groups in total. The maximum Gasteiger partial charge on any atom is 0.244 e. The van der Waals surface area contributed by atoms with Crippen molar-refractivity contribution < 1.29 is 9.18 Å². The summed E-state index contributed by atoms with van der Waals surface area (Å²) in [5.41, 5.74) is 6.65. The summed E-state index contributed by atoms with van der Waals surface area (Å²) in [6.07, 6.45) is 0. The first-order chi connectivity index (χ1) is 9.88. The minimum absolute atomic E-state index is 0.400. The van der Waals surface area contributed by atoms with Crippen LogP contribution in [0.2, 0.25) is 5.02 Å². The summed E-state index contributed by atoms with van der Waals surface area (Å²) in [5.74, 6) is -0.975. The highest BCUT2D eigenvalue weighted by Crippen LogP contribution is 2.30. The molecule has 0 aliphatic heterocycles. The third kappa shape index (κ3) is 3.96. The molecular formula is C14H10Br2ClFN2O. The molecule has 0 saturated heterocycles. The number of hydrogen-bond donors (Lipinski definition) is 2. The number of amides is 1. The van der Waals surface area contributed by atoms with Crippen LogP contribution in [-0.4, -0.2) is 5.91 Å². The van der Waals surface area contributed by atoms with Crippen LogP contribution in [0.3, 0.4) is 0 Å². The van der Waals surface area contributed by atoms with Gasteiger partial charge in [0.15, 0.2) is 0 Å². The van der Waals surface area contributed by atoms with E-state index in [0.29, 0.717) is 25.2 Å². The standard InChI is InChI=1S/C14H10Br2ClFN2O/c15-10-5-7(18)1-3-9(10)13(14(19)21)20-8-2-4-12(17)11(16)6-8/h1-6,13,20H,(H2,19,21). The smallest absolute Gasteiger partial charge is 0.244 e. The number of rotatable bonds is 4. The molecule has 0 fully saturated rings. The summed E-state index contributed by atoms with van der Waals surface area (Å²) < 4.78 is 14.3. The predicted molar refractivity (Wildman–Crippen MR) is 88.8 cm³/mol. The Hall–Kier alpha value is -1.11. The normalized spacial score (nSPS) is 12.0. The van der Waals surface area contributed by atoms with Crippen LogP contribution >= 0.6 is 43.5 Å². The molecule has 0 saturated carbocycles. The zero-order valence-electron chi connectivity index (χ0n) is 10.5. The zero-order chi connectivity index (χ0) is 15.6. The van der Waals surface area contributed by atoms with Crippen LogP contribution in [0.4, 0.5) is 10.1 Å². The molecule has 2 aromatic rings. The molecule has 1 amide bonds. The Bertz CT molecular complexity index is 697. The largest absolute Gasteiger partial charge is 0.370 e. The quantitative estimate of drug-likeness (QED) is 0.734. The van der Waals surface area contributed by atoms with E-state index in [1.165, 1.54) is 18.2 Å². The summed E-state index contributed by atoms with van der Waals surface area (Å²) in [7, 11) is 0. The van der Waals surface area contributed by atoms with Crippen molar-refractivity contribution in [3.8, 4) is 0 Å². The van der Waals surface area contributed by atoms with Gasteiger partial charge >= 0.3 is 0 Å². The number of carbonyl (C=O) groups is 1. The van der Waals surface area contributed by atoms with Gasteiger partial charge in [0.2, 0.25) is 5.91 Å². The first kappa shape index (κ1) is 16.3. The van der Waals surface area contributed by atoms with Crippen molar-refractivity contribution in [1.82, 2.24) is 0 Å². The van der Waals surface area contributed by atoms with Crippen molar-refractivity contribution in [3.63, 3.8) is 0 Å². The third-order valence-electron chi connectivity index (χ3n) is 2.79. The average Bonchev–Trinajstić information content (AvgIpc) is 2.40. The fourth-order valence-corrected chi connectivity index (χ4v) is 2.87. The molecule has 21 heavy (non-hydrogen) atoms. The van der Waals surface area contributed by atoms with Crippen LogP contribution in [-0.2, 0) is 4.79 Å². The lowest BCUT2D eigenvalue weighted by molar-refractivity contribution is -0.118. The predicted octanol–water partition coefficient (Wildman–Crippen LogP) is 4.64. The van der Waals surface area contributed by atoms with E-state index < -0.39 is 17.8 Å². The summed E-state index contributed by atoms with van der Waals surface area (Å²) in [4.78, 5) is 11.7. The van der Waals surface area contributed by atoms with Crippen molar-refractivity contribution in [2.24, 2.45) is 5.73 Å². The molecule has 7 heteroatoms. The van der Waals surface area contributed by atoms with Crippen molar-refractivity contribution in [1.29, 1.82) is 0 Å². The maximum atomic E-state index is 13.1. The molecule has 0 radical (unpaired) electrons. The van der Waals surface area contributed by atoms with Crippen LogP contribution in [0.5, 0.6) is 0 Å². The summed E-state index contributed by atoms with van der Waals surface area (Å²) in [6.45, 7) is 0. The van der Waals surface area contributed by atoms with Crippen LogP contribution in [0.15, 0.2) is 45.3 Å². The summed E-state index contributed by atoms with van der Waals surface area (Å²) in [5, 5.41) is 3.56. The van der Waals surface area contributed by atoms with Gasteiger partial charge in [-0.15, -0.1) is 0 Å². The molecule has 0 heterocycles. The maximum absolute atomic E-state index is 13.1. The van der Waals surface area contributed by atoms with Gasteiger partial charge in [-0.05, 0) is 51.8 Å². The van der Waals surface area contributed by atoms with E-state index in [2.05, 4.69) is 37.2 Å². The van der Waals surface area contributed by atoms with E-state index in [9.17, 15) is 9.18 Å². The van der Waals surface area contributed by atoms with E-state index in [-0.39, 0.29) is 0 Å². The fourth-order valence-electron chi connectivity index (χ4n) is 1.79. The minimum Gasteiger partial charge on any atom is -0.370 e. The second-order valence-corrected chi connectivity index (χ2v) is 6.39. The second kappa shape index (κ2) is 6.77. The Labute approximate surface area is 142 Å². The number of halogens is 4. The second-order valence-electron chi connectivity index (χ2n) is 4.27. The molecule has 0 aliphatic rings. The van der Waals surface area contributed by atoms with Gasteiger partial charge in [0.1, 0.15) is 11.9 Å². The molecule has 3 nitrogen and oxygen atoms in total. The van der Waals surface area contributed by atoms with Crippen LogP contribution in [0.1, 0.15) is 11.6 Å². The Morgan fingerprint density at radius 1 is 1.19 bits per heavy atom. The van der Waals surface area contributed by atoms with Crippen LogP contribution < -0.4 is 11.1 Å². The summed E-state index contributed by atoms with van der Waals surface area (Å²) in [6, 6.07) is 8.41. The van der Waals surface area contributed by atoms with E-state index in [1.807, 2.05) is 0 Å². The Balaban J connectivity index is 2.35. The van der Waals surface area contributed by atoms with Gasteiger partial charge in [0.25, 0.3) is 0 Å². The molecule has 0 aromatic heterocycles. The lowest BCUT2D eigenvalue weighted by atomic mass is 10.1. The topological polar surface area (TPSA) is 55.1 Å². The number of nitrogens with two attached hydrogens (primary N) is 1. The van der Waals surface area contributed by atoms with Crippen LogP contribution in [0, 0.1) is 5.82 Å². The number of anilines is 1. The molecule has 1 unspecified atom stereocenters. The zero-order valence-corrected chi connectivity index (χ0v) is 14.5. The first-order valence-electron chi connectivity index (χ1n) is 5.84. The van der Waals surface area contributed by atoms with Crippen molar-refractivity contribution in [3.05, 3.63) is 61.7 Å². The van der Waals surface area contributed by atoms with Crippen molar-refractivity contribution >= 4 is 55.1 Å². The SMILES string of the molecule is NC(=O)C(Nc1ccc(Cl)c(Br)c1)c1ccc(F)cc1Br. The molecular weight excluding hydrogens is 426 g/mol. The molecule has 0 spiro atoms. The fraction of sp³-hybridized carbons (Fsp3) is 0.0714. The average molecular weight is 437 g/mol. The van der Waals surface area contributed by atoms with Gasteiger partial charge in [-0.2, -0.15) is 0 Å². The highest BCUT2D eigenvalue weighted by atomic mass is 79.9.